The van der Waals surface area contributed by atoms with E-state index in [4.69, 9.17) is 9.84 Å². The van der Waals surface area contributed by atoms with E-state index in [1.807, 2.05) is 20.8 Å². The quantitative estimate of drug-likeness (QED) is 0.704. The van der Waals surface area contributed by atoms with E-state index in [0.29, 0.717) is 13.2 Å². The lowest BCUT2D eigenvalue weighted by atomic mass is 10.1. The fourth-order valence-corrected chi connectivity index (χ4v) is 1.52. The summed E-state index contributed by atoms with van der Waals surface area (Å²) < 4.78 is 6.51. The molecule has 0 bridgehead atoms. The highest BCUT2D eigenvalue weighted by Gasteiger charge is 2.17. The summed E-state index contributed by atoms with van der Waals surface area (Å²) in [5, 5.41) is 18.6. The van der Waals surface area contributed by atoms with Crippen LogP contribution in [0.5, 0.6) is 0 Å². The van der Waals surface area contributed by atoms with Crippen LogP contribution in [-0.4, -0.2) is 51.2 Å². The molecule has 8 heteroatoms. The predicted molar refractivity (Wildman–Crippen MR) is 70.2 cm³/mol. The van der Waals surface area contributed by atoms with Gasteiger partial charge in [-0.2, -0.15) is 0 Å². The molecule has 1 heterocycles. The predicted octanol–water partition coefficient (Wildman–Crippen LogP) is 0.154. The van der Waals surface area contributed by atoms with Crippen molar-refractivity contribution < 1.29 is 19.4 Å². The Morgan fingerprint density at radius 2 is 2.20 bits per heavy atom. The van der Waals surface area contributed by atoms with Gasteiger partial charge in [0.2, 0.25) is 5.91 Å². The molecule has 1 unspecified atom stereocenters. The Balaban J connectivity index is 2.53. The zero-order valence-corrected chi connectivity index (χ0v) is 11.9. The summed E-state index contributed by atoms with van der Waals surface area (Å²) in [5.74, 6) is -1.20. The number of hydrogen-bond acceptors (Lipinski definition) is 5. The maximum Gasteiger partial charge on any atom is 0.358 e. The number of amides is 1. The number of ether oxygens (including phenoxy) is 1. The summed E-state index contributed by atoms with van der Waals surface area (Å²) in [5.41, 5.74) is -0.187. The van der Waals surface area contributed by atoms with Gasteiger partial charge in [-0.3, -0.25) is 4.79 Å². The monoisotopic (exact) mass is 284 g/mol. The lowest BCUT2D eigenvalue weighted by Crippen LogP contribution is -2.43. The summed E-state index contributed by atoms with van der Waals surface area (Å²) in [7, 11) is 0. The molecule has 1 rings (SSSR count). The Morgan fingerprint density at radius 1 is 1.50 bits per heavy atom. The Kier molecular flexibility index (Phi) is 6.10. The van der Waals surface area contributed by atoms with Crippen LogP contribution < -0.4 is 5.32 Å². The first-order valence-electron chi connectivity index (χ1n) is 6.44. The molecule has 0 spiro atoms. The molecule has 1 aromatic heterocycles. The van der Waals surface area contributed by atoms with Gasteiger partial charge in [0, 0.05) is 6.61 Å². The van der Waals surface area contributed by atoms with E-state index in [9.17, 15) is 9.59 Å². The second kappa shape index (κ2) is 7.59. The van der Waals surface area contributed by atoms with Crippen LogP contribution in [-0.2, 0) is 16.1 Å². The van der Waals surface area contributed by atoms with Crippen LogP contribution in [0.3, 0.4) is 0 Å². The van der Waals surface area contributed by atoms with Crippen molar-refractivity contribution in [1.82, 2.24) is 20.3 Å². The summed E-state index contributed by atoms with van der Waals surface area (Å²) in [6, 6.07) is -0.0927. The molecule has 1 aromatic rings. The number of nitrogens with one attached hydrogen (secondary N) is 1. The zero-order chi connectivity index (χ0) is 15.1. The smallest absolute Gasteiger partial charge is 0.358 e. The number of nitrogens with zero attached hydrogens (tertiary/aromatic N) is 3. The summed E-state index contributed by atoms with van der Waals surface area (Å²) in [6.45, 7) is 6.82. The molecule has 0 radical (unpaired) electrons. The Labute approximate surface area is 117 Å². The molecule has 2 N–H and O–H groups in total. The highest BCUT2D eigenvalue weighted by Crippen LogP contribution is 2.02. The average molecular weight is 284 g/mol. The van der Waals surface area contributed by atoms with Gasteiger partial charge in [0.1, 0.15) is 6.54 Å². The first-order valence-corrected chi connectivity index (χ1v) is 6.44. The third kappa shape index (κ3) is 4.96. The molecule has 0 fully saturated rings. The average Bonchev–Trinajstić information content (AvgIpc) is 2.82. The summed E-state index contributed by atoms with van der Waals surface area (Å²) in [4.78, 5) is 22.5. The van der Waals surface area contributed by atoms with Crippen molar-refractivity contribution in [2.24, 2.45) is 5.92 Å². The number of aromatic nitrogens is 3. The van der Waals surface area contributed by atoms with Crippen LogP contribution >= 0.6 is 0 Å². The Hall–Kier alpha value is -1.96. The lowest BCUT2D eigenvalue weighted by Gasteiger charge is -2.22. The van der Waals surface area contributed by atoms with Gasteiger partial charge in [0.15, 0.2) is 5.69 Å². The molecule has 0 aromatic carbocycles. The van der Waals surface area contributed by atoms with Gasteiger partial charge in [0.05, 0.1) is 18.8 Å². The van der Waals surface area contributed by atoms with E-state index < -0.39 is 5.97 Å². The SMILES string of the molecule is CCOCC(NC(=O)Cn1cc(C(=O)O)nn1)C(C)C. The van der Waals surface area contributed by atoms with Gasteiger partial charge in [-0.15, -0.1) is 5.10 Å². The lowest BCUT2D eigenvalue weighted by molar-refractivity contribution is -0.123. The maximum atomic E-state index is 11.9. The van der Waals surface area contributed by atoms with Crippen LogP contribution in [0.15, 0.2) is 6.20 Å². The number of rotatable bonds is 8. The standard InChI is InChI=1S/C12H20N4O4/c1-4-20-7-10(8(2)3)13-11(17)6-16-5-9(12(18)19)14-15-16/h5,8,10H,4,6-7H2,1-3H3,(H,13,17)(H,18,19). The number of carbonyl (C=O) groups excluding carboxylic acids is 1. The fourth-order valence-electron chi connectivity index (χ4n) is 1.52. The molecule has 0 saturated heterocycles. The van der Waals surface area contributed by atoms with E-state index in [1.54, 1.807) is 0 Å². The van der Waals surface area contributed by atoms with Gasteiger partial charge >= 0.3 is 5.97 Å². The third-order valence-corrected chi connectivity index (χ3v) is 2.72. The van der Waals surface area contributed by atoms with Gasteiger partial charge in [-0.1, -0.05) is 19.1 Å². The van der Waals surface area contributed by atoms with Crippen molar-refractivity contribution in [3.63, 3.8) is 0 Å². The van der Waals surface area contributed by atoms with Gasteiger partial charge < -0.3 is 15.2 Å². The molecular formula is C12H20N4O4. The highest BCUT2D eigenvalue weighted by atomic mass is 16.5. The van der Waals surface area contributed by atoms with Crippen molar-refractivity contribution >= 4 is 11.9 Å². The van der Waals surface area contributed by atoms with Crippen LogP contribution in [0.2, 0.25) is 0 Å². The minimum atomic E-state index is -1.17. The minimum absolute atomic E-state index is 0.0738. The Morgan fingerprint density at radius 3 is 2.70 bits per heavy atom. The minimum Gasteiger partial charge on any atom is -0.476 e. The van der Waals surface area contributed by atoms with E-state index in [-0.39, 0.29) is 30.1 Å². The van der Waals surface area contributed by atoms with Crippen molar-refractivity contribution in [1.29, 1.82) is 0 Å². The fraction of sp³-hybridized carbons (Fsp3) is 0.667. The van der Waals surface area contributed by atoms with Crippen molar-refractivity contribution in [2.45, 2.75) is 33.4 Å². The molecule has 0 aliphatic carbocycles. The van der Waals surface area contributed by atoms with Crippen molar-refractivity contribution in [3.8, 4) is 0 Å². The molecule has 1 amide bonds. The number of hydrogen-bond donors (Lipinski definition) is 2. The van der Waals surface area contributed by atoms with Crippen molar-refractivity contribution in [3.05, 3.63) is 11.9 Å². The van der Waals surface area contributed by atoms with Crippen LogP contribution in [0.1, 0.15) is 31.3 Å². The van der Waals surface area contributed by atoms with Gasteiger partial charge in [0.25, 0.3) is 0 Å². The van der Waals surface area contributed by atoms with E-state index in [2.05, 4.69) is 15.6 Å². The number of aromatic carboxylic acids is 1. The largest absolute Gasteiger partial charge is 0.476 e. The van der Waals surface area contributed by atoms with Gasteiger partial charge in [-0.25, -0.2) is 9.48 Å². The molecule has 0 aliphatic heterocycles. The topological polar surface area (TPSA) is 106 Å². The number of carboxylic acids is 1. The molecule has 20 heavy (non-hydrogen) atoms. The first-order chi connectivity index (χ1) is 9.43. The van der Waals surface area contributed by atoms with Crippen LogP contribution in [0.25, 0.3) is 0 Å². The molecule has 8 nitrogen and oxygen atoms in total. The van der Waals surface area contributed by atoms with Crippen LogP contribution in [0, 0.1) is 5.92 Å². The normalized spacial score (nSPS) is 12.4. The second-order valence-electron chi connectivity index (χ2n) is 4.68. The molecular weight excluding hydrogens is 264 g/mol. The number of carbonyl (C=O) groups is 2. The second-order valence-corrected chi connectivity index (χ2v) is 4.68. The molecule has 0 aliphatic rings. The maximum absolute atomic E-state index is 11.9. The van der Waals surface area contributed by atoms with Gasteiger partial charge in [-0.05, 0) is 12.8 Å². The molecule has 1 atom stereocenters. The molecule has 0 saturated carbocycles. The van der Waals surface area contributed by atoms with Crippen molar-refractivity contribution in [2.75, 3.05) is 13.2 Å². The first kappa shape index (κ1) is 16.1. The van der Waals surface area contributed by atoms with Crippen LogP contribution in [0.4, 0.5) is 0 Å². The number of carboxylic acid groups (broad SMARTS) is 1. The Bertz CT molecular complexity index is 458. The highest BCUT2D eigenvalue weighted by molar-refractivity contribution is 5.84. The molecule has 112 valence electrons. The summed E-state index contributed by atoms with van der Waals surface area (Å²) >= 11 is 0. The van der Waals surface area contributed by atoms with E-state index in [1.165, 1.54) is 10.9 Å². The van der Waals surface area contributed by atoms with E-state index in [0.717, 1.165) is 0 Å². The third-order valence-electron chi connectivity index (χ3n) is 2.72. The zero-order valence-electron chi connectivity index (χ0n) is 11.9. The van der Waals surface area contributed by atoms with E-state index >= 15 is 0 Å². The summed E-state index contributed by atoms with van der Waals surface area (Å²) in [6.07, 6.45) is 1.22.